The topological polar surface area (TPSA) is 46.6 Å². The fourth-order valence-electron chi connectivity index (χ4n) is 2.72. The van der Waals surface area contributed by atoms with Gasteiger partial charge in [0.25, 0.3) is 0 Å². The lowest BCUT2D eigenvalue weighted by atomic mass is 9.81. The number of likely N-dealkylation sites (tertiary alicyclic amines) is 1. The highest BCUT2D eigenvalue weighted by Crippen LogP contribution is 2.43. The Bertz CT molecular complexity index is 345. The van der Waals surface area contributed by atoms with Crippen LogP contribution in [-0.2, 0) is 15.0 Å². The highest BCUT2D eigenvalue weighted by atomic mass is 32.3. The zero-order valence-electron chi connectivity index (χ0n) is 8.78. The van der Waals surface area contributed by atoms with Crippen molar-refractivity contribution in [2.24, 2.45) is 5.41 Å². The molecule has 0 aromatic carbocycles. The summed E-state index contributed by atoms with van der Waals surface area (Å²) >= 11 is 0. The summed E-state index contributed by atoms with van der Waals surface area (Å²) in [5.74, 6) is -0.485. The second-order valence-corrected chi connectivity index (χ2v) is 6.08. The number of halogens is 1. The predicted octanol–water partition coefficient (Wildman–Crippen LogP) is 0.397. The minimum absolute atomic E-state index is 0.131. The molecule has 2 fully saturated rings. The fourth-order valence-corrected chi connectivity index (χ4v) is 3.54. The monoisotopic (exact) mass is 237 g/mol. The summed E-state index contributed by atoms with van der Waals surface area (Å²) in [6.07, 6.45) is 1.29. The van der Waals surface area contributed by atoms with Crippen molar-refractivity contribution in [3.05, 3.63) is 0 Å². The Hall–Kier alpha value is -0.200. The van der Waals surface area contributed by atoms with Crippen molar-refractivity contribution in [1.82, 2.24) is 4.90 Å². The molecule has 2 saturated heterocycles. The summed E-state index contributed by atoms with van der Waals surface area (Å²) in [4.78, 5) is 2.15. The SMILES string of the molecule is CN1CCC2(CCOC2CS(=O)(=O)F)C1. The Kier molecular flexibility index (Phi) is 2.77. The quantitative estimate of drug-likeness (QED) is 0.652. The van der Waals surface area contributed by atoms with E-state index >= 15 is 0 Å². The standard InChI is InChI=1S/C9H16FNO3S/c1-11-4-2-9(7-11)3-5-14-8(9)6-15(10,12)13/h8H,2-7H2,1H3. The summed E-state index contributed by atoms with van der Waals surface area (Å²) < 4.78 is 39.3. The number of rotatable bonds is 2. The van der Waals surface area contributed by atoms with Crippen LogP contribution in [0, 0.1) is 5.41 Å². The first-order valence-corrected chi connectivity index (χ1v) is 6.69. The summed E-state index contributed by atoms with van der Waals surface area (Å²) in [6.45, 7) is 2.30. The zero-order valence-corrected chi connectivity index (χ0v) is 9.59. The van der Waals surface area contributed by atoms with Gasteiger partial charge in [0.2, 0.25) is 0 Å². The molecule has 0 aromatic rings. The first kappa shape index (κ1) is 11.3. The lowest BCUT2D eigenvalue weighted by molar-refractivity contribution is 0.0701. The lowest BCUT2D eigenvalue weighted by Crippen LogP contribution is -2.37. The molecule has 0 bridgehead atoms. The molecule has 6 heteroatoms. The van der Waals surface area contributed by atoms with Crippen LogP contribution in [-0.4, -0.2) is 51.9 Å². The molecular formula is C9H16FNO3S. The molecule has 88 valence electrons. The maximum Gasteiger partial charge on any atom is 0.304 e. The minimum atomic E-state index is -4.43. The van der Waals surface area contributed by atoms with Gasteiger partial charge < -0.3 is 9.64 Å². The molecule has 0 N–H and O–H groups in total. The number of ether oxygens (including phenoxy) is 1. The molecule has 0 aromatic heterocycles. The maximum atomic E-state index is 12.7. The van der Waals surface area contributed by atoms with Crippen LogP contribution in [0.15, 0.2) is 0 Å². The molecule has 2 heterocycles. The largest absolute Gasteiger partial charge is 0.376 e. The van der Waals surface area contributed by atoms with Gasteiger partial charge in [-0.25, -0.2) is 0 Å². The van der Waals surface area contributed by atoms with E-state index in [1.807, 2.05) is 7.05 Å². The van der Waals surface area contributed by atoms with Crippen LogP contribution in [0.2, 0.25) is 0 Å². The van der Waals surface area contributed by atoms with E-state index in [0.29, 0.717) is 6.61 Å². The van der Waals surface area contributed by atoms with E-state index in [4.69, 9.17) is 4.74 Å². The molecule has 15 heavy (non-hydrogen) atoms. The molecule has 2 aliphatic rings. The molecular weight excluding hydrogens is 221 g/mol. The van der Waals surface area contributed by atoms with Gasteiger partial charge >= 0.3 is 10.2 Å². The Morgan fingerprint density at radius 2 is 2.27 bits per heavy atom. The van der Waals surface area contributed by atoms with Crippen molar-refractivity contribution in [3.63, 3.8) is 0 Å². The smallest absolute Gasteiger partial charge is 0.304 e. The van der Waals surface area contributed by atoms with Gasteiger partial charge in [-0.05, 0) is 26.4 Å². The van der Waals surface area contributed by atoms with Crippen molar-refractivity contribution in [3.8, 4) is 0 Å². The summed E-state index contributed by atoms with van der Waals surface area (Å²) in [5.41, 5.74) is -0.131. The van der Waals surface area contributed by atoms with Crippen LogP contribution in [0.1, 0.15) is 12.8 Å². The van der Waals surface area contributed by atoms with Crippen molar-refractivity contribution < 1.29 is 17.0 Å². The summed E-state index contributed by atoms with van der Waals surface area (Å²) in [6, 6.07) is 0. The third-order valence-corrected chi connectivity index (χ3v) is 4.23. The highest BCUT2D eigenvalue weighted by Gasteiger charge is 2.49. The minimum Gasteiger partial charge on any atom is -0.376 e. The zero-order chi connectivity index (χ0) is 11.1. The average molecular weight is 237 g/mol. The molecule has 2 atom stereocenters. The van der Waals surface area contributed by atoms with Gasteiger partial charge in [0.15, 0.2) is 0 Å². The Morgan fingerprint density at radius 1 is 1.53 bits per heavy atom. The van der Waals surface area contributed by atoms with Gasteiger partial charge in [0.05, 0.1) is 6.10 Å². The predicted molar refractivity (Wildman–Crippen MR) is 53.8 cm³/mol. The first-order chi connectivity index (χ1) is 6.91. The van der Waals surface area contributed by atoms with Gasteiger partial charge in [-0.1, -0.05) is 0 Å². The van der Waals surface area contributed by atoms with Crippen molar-refractivity contribution in [2.45, 2.75) is 18.9 Å². The molecule has 0 saturated carbocycles. The van der Waals surface area contributed by atoms with Gasteiger partial charge in [-0.15, -0.1) is 3.89 Å². The maximum absolute atomic E-state index is 12.7. The number of hydrogen-bond acceptors (Lipinski definition) is 4. The van der Waals surface area contributed by atoms with Crippen LogP contribution in [0.25, 0.3) is 0 Å². The summed E-state index contributed by atoms with van der Waals surface area (Å²) in [5, 5.41) is 0. The molecule has 0 amide bonds. The highest BCUT2D eigenvalue weighted by molar-refractivity contribution is 7.86. The molecule has 0 radical (unpaired) electrons. The van der Waals surface area contributed by atoms with E-state index < -0.39 is 22.1 Å². The Balaban J connectivity index is 2.12. The molecule has 0 aliphatic carbocycles. The lowest BCUT2D eigenvalue weighted by Gasteiger charge is -2.28. The van der Waals surface area contributed by atoms with E-state index in [-0.39, 0.29) is 5.41 Å². The first-order valence-electron chi connectivity index (χ1n) is 5.14. The molecule has 2 rings (SSSR count). The van der Waals surface area contributed by atoms with Crippen LogP contribution >= 0.6 is 0 Å². The van der Waals surface area contributed by atoms with E-state index in [1.165, 1.54) is 0 Å². The normalized spacial score (nSPS) is 37.9. The third-order valence-electron chi connectivity index (χ3n) is 3.53. The van der Waals surface area contributed by atoms with Gasteiger partial charge in [-0.3, -0.25) is 0 Å². The van der Waals surface area contributed by atoms with Crippen LogP contribution in [0.4, 0.5) is 3.89 Å². The molecule has 4 nitrogen and oxygen atoms in total. The van der Waals surface area contributed by atoms with Gasteiger partial charge in [-0.2, -0.15) is 8.42 Å². The number of hydrogen-bond donors (Lipinski definition) is 0. The van der Waals surface area contributed by atoms with E-state index in [9.17, 15) is 12.3 Å². The Labute approximate surface area is 89.6 Å². The third kappa shape index (κ3) is 2.32. The van der Waals surface area contributed by atoms with Crippen molar-refractivity contribution >= 4 is 10.2 Å². The second kappa shape index (κ2) is 3.68. The molecule has 1 spiro atoms. The second-order valence-electron chi connectivity index (χ2n) is 4.67. The van der Waals surface area contributed by atoms with E-state index in [0.717, 1.165) is 25.9 Å². The van der Waals surface area contributed by atoms with Crippen LogP contribution in [0.3, 0.4) is 0 Å². The van der Waals surface area contributed by atoms with Gasteiger partial charge in [0, 0.05) is 18.6 Å². The number of nitrogens with zero attached hydrogens (tertiary/aromatic N) is 1. The molecule has 2 aliphatic heterocycles. The van der Waals surface area contributed by atoms with E-state index in [2.05, 4.69) is 4.90 Å². The fraction of sp³-hybridized carbons (Fsp3) is 1.00. The van der Waals surface area contributed by atoms with Gasteiger partial charge in [0.1, 0.15) is 5.75 Å². The van der Waals surface area contributed by atoms with Crippen LogP contribution in [0.5, 0.6) is 0 Å². The van der Waals surface area contributed by atoms with Crippen LogP contribution < -0.4 is 0 Å². The summed E-state index contributed by atoms with van der Waals surface area (Å²) in [7, 11) is -2.44. The Morgan fingerprint density at radius 3 is 2.80 bits per heavy atom. The van der Waals surface area contributed by atoms with E-state index in [1.54, 1.807) is 0 Å². The van der Waals surface area contributed by atoms with Crippen molar-refractivity contribution in [2.75, 3.05) is 32.5 Å². The molecule has 2 unspecified atom stereocenters. The van der Waals surface area contributed by atoms with Crippen molar-refractivity contribution in [1.29, 1.82) is 0 Å². The average Bonchev–Trinajstić information content (AvgIpc) is 2.60.